The van der Waals surface area contributed by atoms with Gasteiger partial charge in [-0.05, 0) is 105 Å². The highest BCUT2D eigenvalue weighted by atomic mass is 16.5. The first-order valence-electron chi connectivity index (χ1n) is 19.6. The Morgan fingerprint density at radius 3 is 2.37 bits per heavy atom. The minimum atomic E-state index is -0.648. The lowest BCUT2D eigenvalue weighted by Gasteiger charge is -2.71. The Morgan fingerprint density at radius 1 is 1.10 bits per heavy atom. The summed E-state index contributed by atoms with van der Waals surface area (Å²) >= 11 is 0. The van der Waals surface area contributed by atoms with Crippen LogP contribution in [-0.4, -0.2) is 82.2 Å². The van der Waals surface area contributed by atoms with Gasteiger partial charge < -0.3 is 25.2 Å². The van der Waals surface area contributed by atoms with Gasteiger partial charge >= 0.3 is 5.97 Å². The summed E-state index contributed by atoms with van der Waals surface area (Å²) in [5.74, 6) is 0.0278. The smallest absolute Gasteiger partial charge is 0.307 e. The number of aliphatic carboxylic acids is 1. The third-order valence-corrected chi connectivity index (χ3v) is 17.0. The number of carboxylic acids is 1. The van der Waals surface area contributed by atoms with Crippen LogP contribution >= 0.6 is 0 Å². The highest BCUT2D eigenvalue weighted by Crippen LogP contribution is 2.75. The number of rotatable bonds is 10. The van der Waals surface area contributed by atoms with E-state index in [0.29, 0.717) is 44.0 Å². The number of hydrogen-bond acceptors (Lipinski definition) is 7. The number of carboxylic acid groups (broad SMARTS) is 1. The van der Waals surface area contributed by atoms with Gasteiger partial charge in [0, 0.05) is 16.4 Å². The molecule has 3 saturated carbocycles. The molecule has 51 heavy (non-hydrogen) atoms. The van der Waals surface area contributed by atoms with Gasteiger partial charge in [-0.1, -0.05) is 74.0 Å². The summed E-state index contributed by atoms with van der Waals surface area (Å²) < 4.78 is 15.7. The maximum atomic E-state index is 13.5. The van der Waals surface area contributed by atoms with E-state index in [4.69, 9.17) is 15.2 Å². The normalized spacial score (nSPS) is 42.4. The summed E-state index contributed by atoms with van der Waals surface area (Å²) in [6.07, 6.45) is 8.99. The average molecular weight is 710 g/mol. The molecule has 6 rings (SSSR count). The zero-order valence-electron chi connectivity index (χ0n) is 33.6. The van der Waals surface area contributed by atoms with E-state index in [1.54, 1.807) is 4.68 Å². The number of nitrogens with zero attached hydrogens (tertiary/aromatic N) is 4. The van der Waals surface area contributed by atoms with Gasteiger partial charge in [-0.2, -0.15) is 5.10 Å². The number of primary amides is 1. The van der Waals surface area contributed by atoms with Crippen LogP contribution in [0.5, 0.6) is 0 Å². The summed E-state index contributed by atoms with van der Waals surface area (Å²) in [5.41, 5.74) is 5.59. The van der Waals surface area contributed by atoms with E-state index in [1.165, 1.54) is 11.9 Å². The van der Waals surface area contributed by atoms with Crippen LogP contribution in [-0.2, 0) is 14.3 Å². The molecule has 4 fully saturated rings. The van der Waals surface area contributed by atoms with E-state index in [0.717, 1.165) is 32.1 Å². The number of hydrogen-bond donors (Lipinski definition) is 2. The van der Waals surface area contributed by atoms with E-state index < -0.39 is 23.2 Å². The molecule has 1 amide bonds. The second kappa shape index (κ2) is 12.6. The molecule has 0 spiro atoms. The molecule has 12 atom stereocenters. The number of ether oxygens (including phenoxy) is 2. The quantitative estimate of drug-likeness (QED) is 0.252. The fourth-order valence-corrected chi connectivity index (χ4v) is 12.9. The maximum absolute atomic E-state index is 13.5. The van der Waals surface area contributed by atoms with Crippen molar-refractivity contribution < 1.29 is 24.2 Å². The lowest BCUT2D eigenvalue weighted by molar-refractivity contribution is -0.255. The van der Waals surface area contributed by atoms with E-state index in [2.05, 4.69) is 104 Å². The molecule has 1 aromatic heterocycles. The van der Waals surface area contributed by atoms with Gasteiger partial charge in [0.25, 0.3) is 5.91 Å². The van der Waals surface area contributed by atoms with Gasteiger partial charge in [0.05, 0.1) is 37.9 Å². The van der Waals surface area contributed by atoms with E-state index >= 15 is 0 Å². The predicted octanol–water partition coefficient (Wildman–Crippen LogP) is 6.87. The fourth-order valence-electron chi connectivity index (χ4n) is 12.9. The summed E-state index contributed by atoms with van der Waals surface area (Å²) in [5, 5.41) is 15.8. The molecule has 1 aliphatic heterocycles. The summed E-state index contributed by atoms with van der Waals surface area (Å²) in [7, 11) is 4.22. The number of aromatic nitrogens is 3. The zero-order valence-corrected chi connectivity index (χ0v) is 33.6. The Balaban J connectivity index is 1.47. The number of likely N-dealkylation sites (N-methyl/N-ethyl adjacent to an activating group) is 1. The molecule has 0 aromatic carbocycles. The molecule has 4 aliphatic carbocycles. The van der Waals surface area contributed by atoms with Crippen molar-refractivity contribution in [2.24, 2.45) is 68.3 Å². The molecule has 0 radical (unpaired) electrons. The molecule has 1 aromatic rings. The predicted molar refractivity (Wildman–Crippen MR) is 198 cm³/mol. The third kappa shape index (κ3) is 5.25. The lowest BCUT2D eigenvalue weighted by Crippen LogP contribution is -2.69. The van der Waals surface area contributed by atoms with Gasteiger partial charge in [0.1, 0.15) is 6.33 Å². The van der Waals surface area contributed by atoms with Crippen molar-refractivity contribution in [2.75, 3.05) is 33.9 Å². The SMILES string of the molecule is CC(C)[C@@H](C)[C@@]1(C)CC[C@]2(C)[C@H]3CC[C@@H]4[C@@]5(COC[C@@]4(C)[C@@H](OC[C@@](C)(C(C)C)N(C)C)[C@H](n4ncnc4C(N)=O)C5)C3=CC[C@@]2(C)[C@@H]1C(=O)O. The van der Waals surface area contributed by atoms with E-state index in [-0.39, 0.29) is 57.0 Å². The molecule has 3 N–H and O–H groups in total. The van der Waals surface area contributed by atoms with Crippen LogP contribution < -0.4 is 5.73 Å². The second-order valence-corrected chi connectivity index (χ2v) is 19.6. The third-order valence-electron chi connectivity index (χ3n) is 17.0. The van der Waals surface area contributed by atoms with Crippen LogP contribution in [0.2, 0.25) is 0 Å². The highest BCUT2D eigenvalue weighted by molar-refractivity contribution is 5.89. The maximum Gasteiger partial charge on any atom is 0.307 e. The average Bonchev–Trinajstić information content (AvgIpc) is 3.54. The number of allylic oxidation sites excluding steroid dienone is 1. The Morgan fingerprint density at radius 2 is 1.78 bits per heavy atom. The molecule has 5 aliphatic rings. The number of amides is 1. The van der Waals surface area contributed by atoms with Gasteiger partial charge in [-0.3, -0.25) is 9.59 Å². The highest BCUT2D eigenvalue weighted by Gasteiger charge is 2.72. The van der Waals surface area contributed by atoms with Crippen LogP contribution in [0.1, 0.15) is 124 Å². The minimum Gasteiger partial charge on any atom is -0.481 e. The van der Waals surface area contributed by atoms with Gasteiger partial charge in [0.2, 0.25) is 5.82 Å². The number of carbonyl (C=O) groups excluding carboxylic acids is 1. The number of nitrogens with two attached hydrogens (primary N) is 1. The second-order valence-electron chi connectivity index (χ2n) is 19.6. The van der Waals surface area contributed by atoms with E-state index in [1.807, 2.05) is 0 Å². The van der Waals surface area contributed by atoms with Crippen molar-refractivity contribution in [1.29, 1.82) is 0 Å². The lowest BCUT2D eigenvalue weighted by atomic mass is 9.34. The molecule has 286 valence electrons. The molecule has 0 unspecified atom stereocenters. The van der Waals surface area contributed by atoms with Crippen LogP contribution in [0.4, 0.5) is 0 Å². The monoisotopic (exact) mass is 710 g/mol. The van der Waals surface area contributed by atoms with Crippen LogP contribution in [0, 0.1) is 62.6 Å². The summed E-state index contributed by atoms with van der Waals surface area (Å²) in [4.78, 5) is 32.9. The Hall–Kier alpha value is -2.30. The van der Waals surface area contributed by atoms with Crippen molar-refractivity contribution in [2.45, 2.75) is 125 Å². The van der Waals surface area contributed by atoms with Crippen LogP contribution in [0.3, 0.4) is 0 Å². The molecule has 10 nitrogen and oxygen atoms in total. The van der Waals surface area contributed by atoms with Crippen molar-refractivity contribution in [3.8, 4) is 0 Å². The topological polar surface area (TPSA) is 133 Å². The van der Waals surface area contributed by atoms with Crippen LogP contribution in [0.15, 0.2) is 18.0 Å². The fraction of sp³-hybridized carbons (Fsp3) is 0.854. The van der Waals surface area contributed by atoms with Gasteiger partial charge in [-0.25, -0.2) is 9.67 Å². The van der Waals surface area contributed by atoms with Crippen molar-refractivity contribution in [1.82, 2.24) is 19.7 Å². The molecular weight excluding hydrogens is 642 g/mol. The Labute approximate surface area is 306 Å². The van der Waals surface area contributed by atoms with Crippen LogP contribution in [0.25, 0.3) is 0 Å². The van der Waals surface area contributed by atoms with E-state index in [9.17, 15) is 14.7 Å². The Kier molecular flexibility index (Phi) is 9.53. The molecule has 2 bridgehead atoms. The molecular formula is C41H67N5O5. The van der Waals surface area contributed by atoms with Crippen molar-refractivity contribution in [3.63, 3.8) is 0 Å². The van der Waals surface area contributed by atoms with Crippen molar-refractivity contribution >= 4 is 11.9 Å². The minimum absolute atomic E-state index is 0.157. The van der Waals surface area contributed by atoms with Crippen molar-refractivity contribution in [3.05, 3.63) is 23.8 Å². The zero-order chi connectivity index (χ0) is 37.7. The summed E-state index contributed by atoms with van der Waals surface area (Å²) in [6.45, 7) is 24.5. The first kappa shape index (κ1) is 38.4. The molecule has 2 heterocycles. The first-order chi connectivity index (χ1) is 23.7. The number of fused-ring (bicyclic) bond motifs is 3. The van der Waals surface area contributed by atoms with Gasteiger partial charge in [-0.15, -0.1) is 0 Å². The summed E-state index contributed by atoms with van der Waals surface area (Å²) in [6, 6.07) is -0.284. The standard InChI is InChI=1S/C41H67N5O5/c1-24(2)26(5)36(6)17-18-38(8)27-13-14-30-37(7)20-50-22-41(30,28(27)15-16-39(38,9)31(36)35(48)49)19-29(46-34(33(42)47)43-23-44-46)32(37)51-21-40(10,25(3)4)45(11)12/h15,23-27,29-32H,13-14,16-22H2,1-12H3,(H2,42,47)(H,48,49)/t26-,27+,29-,30+,31-,32+,36-,37-,38-,39+,40+,41+/m1/s1. The first-order valence-corrected chi connectivity index (χ1v) is 19.6. The molecule has 1 saturated heterocycles. The Bertz CT molecular complexity index is 1550. The molecule has 10 heteroatoms. The number of carbonyl (C=O) groups is 2. The largest absolute Gasteiger partial charge is 0.481 e. The van der Waals surface area contributed by atoms with Gasteiger partial charge in [0.15, 0.2) is 0 Å².